The van der Waals surface area contributed by atoms with Crippen LogP contribution in [-0.4, -0.2) is 37.2 Å². The number of hydrogen-bond donors (Lipinski definition) is 0. The molecule has 0 saturated heterocycles. The zero-order chi connectivity index (χ0) is 41.5. The van der Waals surface area contributed by atoms with Crippen LogP contribution in [0.3, 0.4) is 0 Å². The molecule has 1 atom stereocenters. The van der Waals surface area contributed by atoms with E-state index in [0.717, 1.165) is 64.2 Å². The molecule has 57 heavy (non-hydrogen) atoms. The standard InChI is InChI=1S/C51H84O6/c1-4-7-10-13-16-19-21-23-24-25-26-28-29-32-35-38-41-44-50(53)56-47-48(46-55-49(52)43-40-37-34-31-18-15-12-9-6-3)57-51(54)45-42-39-36-33-30-27-22-20-17-14-11-8-5-2/h9,12,16,18-19,23-24,26,28,31-32,35,37,40,48H,4-8,10-11,13-15,17,20-22,25,27,29-30,33-34,36,38-39,41-47H2,1-3H3/b12-9-,19-16-,24-23-,28-26-,31-18-,35-32-,40-37-. The second-order valence-electron chi connectivity index (χ2n) is 14.9. The van der Waals surface area contributed by atoms with Crippen LogP contribution >= 0.6 is 0 Å². The van der Waals surface area contributed by atoms with Gasteiger partial charge < -0.3 is 14.2 Å². The summed E-state index contributed by atoms with van der Waals surface area (Å²) < 4.78 is 16.5. The number of carbonyl (C=O) groups is 3. The molecule has 6 heteroatoms. The Kier molecular flexibility index (Phi) is 42.6. The maximum absolute atomic E-state index is 12.7. The maximum atomic E-state index is 12.7. The second-order valence-corrected chi connectivity index (χ2v) is 14.9. The van der Waals surface area contributed by atoms with Crippen molar-refractivity contribution in [2.75, 3.05) is 13.2 Å². The Morgan fingerprint density at radius 3 is 1.28 bits per heavy atom. The van der Waals surface area contributed by atoms with E-state index >= 15 is 0 Å². The van der Waals surface area contributed by atoms with Gasteiger partial charge in [0.15, 0.2) is 6.10 Å². The van der Waals surface area contributed by atoms with Crippen LogP contribution in [0.25, 0.3) is 0 Å². The third kappa shape index (κ3) is 43.6. The van der Waals surface area contributed by atoms with Crippen molar-refractivity contribution in [1.29, 1.82) is 0 Å². The van der Waals surface area contributed by atoms with Crippen LogP contribution in [0.1, 0.15) is 201 Å². The number of ether oxygens (including phenoxy) is 3. The molecular formula is C51H84O6. The quantitative estimate of drug-likeness (QED) is 0.0266. The Balaban J connectivity index is 4.50. The van der Waals surface area contributed by atoms with Gasteiger partial charge in [0.05, 0.1) is 6.42 Å². The van der Waals surface area contributed by atoms with Crippen LogP contribution < -0.4 is 0 Å². The first kappa shape index (κ1) is 53.6. The predicted octanol–water partition coefficient (Wildman–Crippen LogP) is 14.9. The van der Waals surface area contributed by atoms with Gasteiger partial charge >= 0.3 is 17.9 Å². The molecule has 0 aliphatic carbocycles. The Hall–Kier alpha value is -3.41. The molecule has 0 radical (unpaired) electrons. The lowest BCUT2D eigenvalue weighted by molar-refractivity contribution is -0.166. The Morgan fingerprint density at radius 1 is 0.386 bits per heavy atom. The van der Waals surface area contributed by atoms with Gasteiger partial charge in [-0.05, 0) is 70.6 Å². The van der Waals surface area contributed by atoms with E-state index in [1.165, 1.54) is 89.9 Å². The molecular weight excluding hydrogens is 709 g/mol. The molecule has 0 fully saturated rings. The Labute approximate surface area is 350 Å². The van der Waals surface area contributed by atoms with E-state index in [0.29, 0.717) is 12.8 Å². The third-order valence-corrected chi connectivity index (χ3v) is 9.42. The van der Waals surface area contributed by atoms with Crippen LogP contribution in [-0.2, 0) is 28.6 Å². The van der Waals surface area contributed by atoms with Crippen molar-refractivity contribution in [3.63, 3.8) is 0 Å². The highest BCUT2D eigenvalue weighted by atomic mass is 16.6. The van der Waals surface area contributed by atoms with Crippen LogP contribution in [0.4, 0.5) is 0 Å². The zero-order valence-corrected chi connectivity index (χ0v) is 36.8. The number of rotatable bonds is 40. The summed E-state index contributed by atoms with van der Waals surface area (Å²) in [6.45, 7) is 6.32. The average Bonchev–Trinajstić information content (AvgIpc) is 3.21. The van der Waals surface area contributed by atoms with Gasteiger partial charge in [0, 0.05) is 12.8 Å². The summed E-state index contributed by atoms with van der Waals surface area (Å²) in [7, 11) is 0. The van der Waals surface area contributed by atoms with Crippen molar-refractivity contribution in [3.8, 4) is 0 Å². The summed E-state index contributed by atoms with van der Waals surface area (Å²) in [6.07, 6.45) is 57.5. The minimum atomic E-state index is -0.830. The molecule has 0 aliphatic heterocycles. The Morgan fingerprint density at radius 2 is 0.772 bits per heavy atom. The molecule has 6 nitrogen and oxygen atoms in total. The monoisotopic (exact) mass is 793 g/mol. The predicted molar refractivity (Wildman–Crippen MR) is 242 cm³/mol. The number of carbonyl (C=O) groups excluding carboxylic acids is 3. The first-order chi connectivity index (χ1) is 28.0. The topological polar surface area (TPSA) is 78.9 Å². The summed E-state index contributed by atoms with van der Waals surface area (Å²) in [5.41, 5.74) is 0. The van der Waals surface area contributed by atoms with Crippen molar-refractivity contribution in [1.82, 2.24) is 0 Å². The van der Waals surface area contributed by atoms with E-state index in [1.807, 2.05) is 6.08 Å². The van der Waals surface area contributed by atoms with Crippen molar-refractivity contribution in [3.05, 3.63) is 85.1 Å². The summed E-state index contributed by atoms with van der Waals surface area (Å²) in [5, 5.41) is 0. The smallest absolute Gasteiger partial charge is 0.309 e. The van der Waals surface area contributed by atoms with E-state index in [2.05, 4.69) is 93.7 Å². The third-order valence-electron chi connectivity index (χ3n) is 9.42. The van der Waals surface area contributed by atoms with Gasteiger partial charge in [-0.1, -0.05) is 196 Å². The fourth-order valence-corrected chi connectivity index (χ4v) is 5.96. The van der Waals surface area contributed by atoms with Crippen LogP contribution in [0.5, 0.6) is 0 Å². The van der Waals surface area contributed by atoms with E-state index in [9.17, 15) is 14.4 Å². The van der Waals surface area contributed by atoms with Gasteiger partial charge in [0.25, 0.3) is 0 Å². The average molecular weight is 793 g/mol. The number of esters is 3. The lowest BCUT2D eigenvalue weighted by Gasteiger charge is -2.18. The normalized spacial score (nSPS) is 12.8. The SMILES string of the molecule is CC/C=C\C/C=C\C/C=C\CC(=O)OCC(COC(=O)CCC/C=C\C/C=C\C/C=C\C/C=C\CCCCC)OC(=O)CCCCCCCCCCCCCCC. The highest BCUT2D eigenvalue weighted by Crippen LogP contribution is 2.14. The molecule has 1 unspecified atom stereocenters. The number of unbranched alkanes of at least 4 members (excludes halogenated alkanes) is 16. The fraction of sp³-hybridized carbons (Fsp3) is 0.667. The van der Waals surface area contributed by atoms with E-state index in [-0.39, 0.29) is 38.0 Å². The highest BCUT2D eigenvalue weighted by molar-refractivity contribution is 5.72. The molecule has 0 amide bonds. The van der Waals surface area contributed by atoms with E-state index in [4.69, 9.17) is 14.2 Å². The molecule has 324 valence electrons. The van der Waals surface area contributed by atoms with E-state index < -0.39 is 12.1 Å². The van der Waals surface area contributed by atoms with Crippen LogP contribution in [0.2, 0.25) is 0 Å². The lowest BCUT2D eigenvalue weighted by atomic mass is 10.0. The molecule has 0 aromatic carbocycles. The van der Waals surface area contributed by atoms with Crippen molar-refractivity contribution < 1.29 is 28.6 Å². The molecule has 0 spiro atoms. The van der Waals surface area contributed by atoms with Crippen molar-refractivity contribution in [2.45, 2.75) is 207 Å². The summed E-state index contributed by atoms with van der Waals surface area (Å²) >= 11 is 0. The molecule has 0 rings (SSSR count). The maximum Gasteiger partial charge on any atom is 0.309 e. The molecule has 0 aliphatic rings. The highest BCUT2D eigenvalue weighted by Gasteiger charge is 2.19. The molecule has 0 heterocycles. The largest absolute Gasteiger partial charge is 0.462 e. The van der Waals surface area contributed by atoms with Crippen molar-refractivity contribution >= 4 is 17.9 Å². The van der Waals surface area contributed by atoms with E-state index in [1.54, 1.807) is 6.08 Å². The molecule has 0 bridgehead atoms. The molecule has 0 aromatic heterocycles. The van der Waals surface area contributed by atoms with Crippen LogP contribution in [0, 0.1) is 0 Å². The van der Waals surface area contributed by atoms with Gasteiger partial charge in [-0.25, -0.2) is 0 Å². The number of hydrogen-bond acceptors (Lipinski definition) is 6. The lowest BCUT2D eigenvalue weighted by Crippen LogP contribution is -2.30. The zero-order valence-electron chi connectivity index (χ0n) is 36.8. The van der Waals surface area contributed by atoms with Crippen molar-refractivity contribution in [2.24, 2.45) is 0 Å². The van der Waals surface area contributed by atoms with Gasteiger partial charge in [-0.3, -0.25) is 14.4 Å². The minimum Gasteiger partial charge on any atom is -0.462 e. The van der Waals surface area contributed by atoms with Gasteiger partial charge in [0.2, 0.25) is 0 Å². The first-order valence-electron chi connectivity index (χ1n) is 23.1. The minimum absolute atomic E-state index is 0.125. The summed E-state index contributed by atoms with van der Waals surface area (Å²) in [6, 6.07) is 0. The molecule has 0 aromatic rings. The Bertz CT molecular complexity index is 1140. The fourth-order valence-electron chi connectivity index (χ4n) is 5.96. The number of allylic oxidation sites excluding steroid dienone is 13. The van der Waals surface area contributed by atoms with Crippen LogP contribution in [0.15, 0.2) is 85.1 Å². The second kappa shape index (κ2) is 45.3. The molecule has 0 saturated carbocycles. The first-order valence-corrected chi connectivity index (χ1v) is 23.1. The molecule has 0 N–H and O–H groups in total. The van der Waals surface area contributed by atoms with Gasteiger partial charge in [-0.15, -0.1) is 0 Å². The van der Waals surface area contributed by atoms with Gasteiger partial charge in [0.1, 0.15) is 13.2 Å². The summed E-state index contributed by atoms with van der Waals surface area (Å²) in [5.74, 6) is -1.11. The summed E-state index contributed by atoms with van der Waals surface area (Å²) in [4.78, 5) is 37.6. The van der Waals surface area contributed by atoms with Gasteiger partial charge in [-0.2, -0.15) is 0 Å².